The maximum absolute atomic E-state index is 13.1. The number of carbonyl (C=O) groups excluding carboxylic acids is 1. The fraction of sp³-hybridized carbons (Fsp3) is 0.444. The van der Waals surface area contributed by atoms with Crippen molar-refractivity contribution in [3.05, 3.63) is 52.6 Å². The zero-order valence-electron chi connectivity index (χ0n) is 13.8. The van der Waals surface area contributed by atoms with Gasteiger partial charge in [-0.2, -0.15) is 5.10 Å². The maximum atomic E-state index is 13.1. The van der Waals surface area contributed by atoms with Crippen LogP contribution in [0.2, 0.25) is 0 Å². The summed E-state index contributed by atoms with van der Waals surface area (Å²) in [6.07, 6.45) is 2.65. The number of nitrogens with zero attached hydrogens (tertiary/aromatic N) is 2. The minimum absolute atomic E-state index is 0.0259. The molecule has 3 rings (SSSR count). The van der Waals surface area contributed by atoms with Crippen LogP contribution in [0.15, 0.2) is 24.3 Å². The zero-order chi connectivity index (χ0) is 16.6. The average Bonchev–Trinajstić information content (AvgIpc) is 2.71. The molecule has 0 atom stereocenters. The number of amides is 1. The Hall–Kier alpha value is -2.17. The van der Waals surface area contributed by atoms with Crippen LogP contribution in [0.4, 0.5) is 4.39 Å². The summed E-state index contributed by atoms with van der Waals surface area (Å²) in [7, 11) is 1.90. The summed E-state index contributed by atoms with van der Waals surface area (Å²) in [6.45, 7) is 4.43. The number of hydrogen-bond acceptors (Lipinski definition) is 2. The van der Waals surface area contributed by atoms with Crippen LogP contribution in [0.5, 0.6) is 0 Å². The molecule has 1 N–H and O–H groups in total. The second-order valence-electron chi connectivity index (χ2n) is 6.40. The van der Waals surface area contributed by atoms with E-state index in [0.717, 1.165) is 41.8 Å². The number of hydrogen-bond donors (Lipinski definition) is 1. The predicted molar refractivity (Wildman–Crippen MR) is 86.5 cm³/mol. The third-order valence-corrected chi connectivity index (χ3v) is 5.12. The highest BCUT2D eigenvalue weighted by Gasteiger charge is 2.45. The van der Waals surface area contributed by atoms with Gasteiger partial charge in [0.2, 0.25) is 5.91 Å². The fourth-order valence-corrected chi connectivity index (χ4v) is 3.36. The van der Waals surface area contributed by atoms with E-state index in [2.05, 4.69) is 10.4 Å². The minimum Gasteiger partial charge on any atom is -0.351 e. The summed E-state index contributed by atoms with van der Waals surface area (Å²) in [5.41, 5.74) is 3.47. The van der Waals surface area contributed by atoms with Gasteiger partial charge in [-0.3, -0.25) is 9.48 Å². The Labute approximate surface area is 135 Å². The van der Waals surface area contributed by atoms with E-state index in [1.54, 1.807) is 12.1 Å². The van der Waals surface area contributed by atoms with Gasteiger partial charge in [0.05, 0.1) is 11.1 Å². The van der Waals surface area contributed by atoms with Crippen molar-refractivity contribution < 1.29 is 9.18 Å². The molecule has 1 amide bonds. The van der Waals surface area contributed by atoms with E-state index < -0.39 is 5.41 Å². The van der Waals surface area contributed by atoms with Gasteiger partial charge in [0, 0.05) is 24.8 Å². The van der Waals surface area contributed by atoms with Gasteiger partial charge in [0.15, 0.2) is 0 Å². The maximum Gasteiger partial charge on any atom is 0.230 e. The first-order valence-electron chi connectivity index (χ1n) is 7.97. The summed E-state index contributed by atoms with van der Waals surface area (Å²) in [5, 5.41) is 7.44. The smallest absolute Gasteiger partial charge is 0.230 e. The summed E-state index contributed by atoms with van der Waals surface area (Å²) in [4.78, 5) is 12.8. The van der Waals surface area contributed by atoms with Crippen molar-refractivity contribution in [1.29, 1.82) is 0 Å². The monoisotopic (exact) mass is 315 g/mol. The number of benzene rings is 1. The number of rotatable bonds is 4. The summed E-state index contributed by atoms with van der Waals surface area (Å²) in [5.74, 6) is -0.247. The summed E-state index contributed by atoms with van der Waals surface area (Å²) >= 11 is 0. The molecule has 0 spiro atoms. The first-order chi connectivity index (χ1) is 10.9. The highest BCUT2D eigenvalue weighted by Crippen LogP contribution is 2.44. The summed E-state index contributed by atoms with van der Waals surface area (Å²) in [6, 6.07) is 6.32. The normalized spacial score (nSPS) is 16.0. The van der Waals surface area contributed by atoms with Crippen LogP contribution in [0.1, 0.15) is 41.8 Å². The summed E-state index contributed by atoms with van der Waals surface area (Å²) < 4.78 is 15.0. The molecule has 1 aromatic carbocycles. The van der Waals surface area contributed by atoms with Crippen molar-refractivity contribution in [2.24, 2.45) is 7.05 Å². The third kappa shape index (κ3) is 2.64. The van der Waals surface area contributed by atoms with Crippen LogP contribution in [0.3, 0.4) is 0 Å². The average molecular weight is 315 g/mol. The third-order valence-electron chi connectivity index (χ3n) is 5.12. The number of aromatic nitrogens is 2. The minimum atomic E-state index is -0.502. The first-order valence-corrected chi connectivity index (χ1v) is 7.97. The lowest BCUT2D eigenvalue weighted by Gasteiger charge is -2.40. The number of halogens is 1. The lowest BCUT2D eigenvalue weighted by Crippen LogP contribution is -2.49. The second-order valence-corrected chi connectivity index (χ2v) is 6.40. The van der Waals surface area contributed by atoms with Crippen molar-refractivity contribution in [2.45, 2.75) is 45.1 Å². The molecule has 0 radical (unpaired) electrons. The van der Waals surface area contributed by atoms with E-state index in [9.17, 15) is 9.18 Å². The Morgan fingerprint density at radius 1 is 1.30 bits per heavy atom. The van der Waals surface area contributed by atoms with E-state index in [4.69, 9.17) is 0 Å². The molecular formula is C18H22FN3O. The van der Waals surface area contributed by atoms with Crippen molar-refractivity contribution in [3.63, 3.8) is 0 Å². The molecule has 0 saturated heterocycles. The lowest BCUT2D eigenvalue weighted by molar-refractivity contribution is -0.130. The van der Waals surface area contributed by atoms with Gasteiger partial charge in [-0.25, -0.2) is 4.39 Å². The highest BCUT2D eigenvalue weighted by atomic mass is 19.1. The van der Waals surface area contributed by atoms with Crippen LogP contribution >= 0.6 is 0 Å². The highest BCUT2D eigenvalue weighted by molar-refractivity contribution is 5.89. The van der Waals surface area contributed by atoms with E-state index in [0.29, 0.717) is 6.54 Å². The van der Waals surface area contributed by atoms with E-state index in [-0.39, 0.29) is 11.7 Å². The standard InChI is InChI=1S/C18H22FN3O/c1-12-16(13(2)22(3)21-12)11-20-17(23)18(9-4-10-18)14-5-7-15(19)8-6-14/h5-8H,4,9-11H2,1-3H3,(H,20,23). The van der Waals surface area contributed by atoms with Crippen LogP contribution in [-0.2, 0) is 23.8 Å². The molecule has 1 aliphatic rings. The first kappa shape index (κ1) is 15.7. The molecule has 5 heteroatoms. The molecule has 1 heterocycles. The van der Waals surface area contributed by atoms with E-state index in [1.165, 1.54) is 12.1 Å². The molecule has 0 bridgehead atoms. The fourth-order valence-electron chi connectivity index (χ4n) is 3.36. The number of aryl methyl sites for hydroxylation is 2. The molecule has 1 saturated carbocycles. The Bertz CT molecular complexity index is 729. The molecule has 23 heavy (non-hydrogen) atoms. The van der Waals surface area contributed by atoms with Crippen LogP contribution < -0.4 is 5.32 Å². The van der Waals surface area contributed by atoms with Crippen molar-refractivity contribution in [3.8, 4) is 0 Å². The number of nitrogens with one attached hydrogen (secondary N) is 1. The van der Waals surface area contributed by atoms with Gasteiger partial charge in [0.1, 0.15) is 5.82 Å². The Morgan fingerprint density at radius 2 is 1.96 bits per heavy atom. The van der Waals surface area contributed by atoms with Gasteiger partial charge in [-0.05, 0) is 44.4 Å². The van der Waals surface area contributed by atoms with Crippen LogP contribution in [0, 0.1) is 19.7 Å². The molecule has 122 valence electrons. The van der Waals surface area contributed by atoms with Gasteiger partial charge in [-0.1, -0.05) is 18.6 Å². The predicted octanol–water partition coefficient (Wildman–Crippen LogP) is 2.91. The molecule has 1 aromatic heterocycles. The Balaban J connectivity index is 1.77. The molecule has 1 fully saturated rings. The van der Waals surface area contributed by atoms with Gasteiger partial charge in [-0.15, -0.1) is 0 Å². The molecule has 0 unspecified atom stereocenters. The van der Waals surface area contributed by atoms with Gasteiger partial charge < -0.3 is 5.32 Å². The van der Waals surface area contributed by atoms with E-state index >= 15 is 0 Å². The van der Waals surface area contributed by atoms with Crippen molar-refractivity contribution in [1.82, 2.24) is 15.1 Å². The van der Waals surface area contributed by atoms with Crippen molar-refractivity contribution >= 4 is 5.91 Å². The zero-order valence-corrected chi connectivity index (χ0v) is 13.8. The SMILES string of the molecule is Cc1nn(C)c(C)c1CNC(=O)C1(c2ccc(F)cc2)CCC1. The second kappa shape index (κ2) is 5.80. The number of carbonyl (C=O) groups is 1. The molecular weight excluding hydrogens is 293 g/mol. The Kier molecular flexibility index (Phi) is 3.96. The topological polar surface area (TPSA) is 46.9 Å². The quantitative estimate of drug-likeness (QED) is 0.943. The van der Waals surface area contributed by atoms with Crippen LogP contribution in [0.25, 0.3) is 0 Å². The molecule has 4 nitrogen and oxygen atoms in total. The van der Waals surface area contributed by atoms with Gasteiger partial charge >= 0.3 is 0 Å². The van der Waals surface area contributed by atoms with E-state index in [1.807, 2.05) is 25.6 Å². The molecule has 0 aliphatic heterocycles. The lowest BCUT2D eigenvalue weighted by atomic mass is 9.64. The molecule has 2 aromatic rings. The molecule has 1 aliphatic carbocycles. The van der Waals surface area contributed by atoms with Gasteiger partial charge in [0.25, 0.3) is 0 Å². The van der Waals surface area contributed by atoms with Crippen molar-refractivity contribution in [2.75, 3.05) is 0 Å². The Morgan fingerprint density at radius 3 is 2.43 bits per heavy atom. The van der Waals surface area contributed by atoms with Crippen LogP contribution in [-0.4, -0.2) is 15.7 Å². The largest absolute Gasteiger partial charge is 0.351 e.